The molecule has 0 unspecified atom stereocenters. The fourth-order valence-electron chi connectivity index (χ4n) is 1.59. The van der Waals surface area contributed by atoms with Crippen molar-refractivity contribution in [2.75, 3.05) is 19.7 Å². The molecule has 1 amide bonds. The quantitative estimate of drug-likeness (QED) is 0.855. The second kappa shape index (κ2) is 8.01. The zero-order valence-corrected chi connectivity index (χ0v) is 13.9. The van der Waals surface area contributed by atoms with Gasteiger partial charge in [-0.1, -0.05) is 17.7 Å². The van der Waals surface area contributed by atoms with Crippen LogP contribution in [0.5, 0.6) is 5.75 Å². The van der Waals surface area contributed by atoms with Gasteiger partial charge >= 0.3 is 12.1 Å². The Morgan fingerprint density at radius 3 is 2.57 bits per heavy atom. The Morgan fingerprint density at radius 2 is 2.00 bits per heavy atom. The molecule has 0 aliphatic heterocycles. The van der Waals surface area contributed by atoms with Crippen molar-refractivity contribution in [1.29, 1.82) is 0 Å². The van der Waals surface area contributed by atoms with Gasteiger partial charge in [0, 0.05) is 0 Å². The summed E-state index contributed by atoms with van der Waals surface area (Å²) in [6.07, 6.45) is -0.782. The maximum Gasteiger partial charge on any atom is 0.410 e. The van der Waals surface area contributed by atoms with Gasteiger partial charge in [0.25, 0.3) is 0 Å². The Morgan fingerprint density at radius 1 is 1.35 bits per heavy atom. The van der Waals surface area contributed by atoms with Gasteiger partial charge in [0.1, 0.15) is 18.8 Å². The maximum atomic E-state index is 13.7. The van der Waals surface area contributed by atoms with Crippen LogP contribution in [0.1, 0.15) is 20.8 Å². The summed E-state index contributed by atoms with van der Waals surface area (Å²) >= 11 is 5.63. The highest BCUT2D eigenvalue weighted by molar-refractivity contribution is 6.30. The highest BCUT2D eigenvalue weighted by atomic mass is 35.5. The fourth-order valence-corrected chi connectivity index (χ4v) is 1.75. The Balaban J connectivity index is 2.65. The van der Waals surface area contributed by atoms with Crippen LogP contribution in [0.2, 0.25) is 5.02 Å². The average molecular weight is 348 g/mol. The minimum Gasteiger partial charge on any atom is -0.489 e. The molecule has 8 heteroatoms. The third kappa shape index (κ3) is 6.73. The molecule has 0 saturated heterocycles. The maximum absolute atomic E-state index is 13.7. The zero-order chi connectivity index (χ0) is 17.6. The van der Waals surface area contributed by atoms with Crippen molar-refractivity contribution in [2.24, 2.45) is 0 Å². The van der Waals surface area contributed by atoms with Crippen molar-refractivity contribution in [3.8, 4) is 5.75 Å². The van der Waals surface area contributed by atoms with E-state index in [4.69, 9.17) is 26.2 Å². The Bertz CT molecular complexity index is 573. The first kappa shape index (κ1) is 19.0. The number of hydrogen-bond acceptors (Lipinski definition) is 4. The molecular weight excluding hydrogens is 329 g/mol. The second-order valence-corrected chi connectivity index (χ2v) is 6.10. The lowest BCUT2D eigenvalue weighted by atomic mass is 10.2. The number of carboxylic acids is 1. The summed E-state index contributed by atoms with van der Waals surface area (Å²) in [5, 5.41) is 8.77. The van der Waals surface area contributed by atoms with E-state index in [1.54, 1.807) is 20.8 Å². The summed E-state index contributed by atoms with van der Waals surface area (Å²) in [4.78, 5) is 23.8. The van der Waals surface area contributed by atoms with Crippen LogP contribution in [-0.2, 0) is 9.53 Å². The van der Waals surface area contributed by atoms with E-state index in [9.17, 15) is 14.0 Å². The number of amides is 1. The van der Waals surface area contributed by atoms with Crippen LogP contribution in [0.4, 0.5) is 9.18 Å². The first-order valence-corrected chi connectivity index (χ1v) is 7.24. The van der Waals surface area contributed by atoms with Crippen molar-refractivity contribution >= 4 is 23.7 Å². The number of halogens is 2. The Labute approximate surface area is 138 Å². The SMILES string of the molecule is CC(C)(C)OC(=O)N(CCOc1cccc(Cl)c1F)CC(=O)O. The lowest BCUT2D eigenvalue weighted by Gasteiger charge is -2.26. The van der Waals surface area contributed by atoms with Gasteiger partial charge in [0.15, 0.2) is 11.6 Å². The molecular formula is C15H19ClFNO5. The molecule has 0 aliphatic carbocycles. The van der Waals surface area contributed by atoms with E-state index in [1.165, 1.54) is 18.2 Å². The molecule has 1 aromatic rings. The number of hydrogen-bond donors (Lipinski definition) is 1. The topological polar surface area (TPSA) is 76.1 Å². The molecule has 128 valence electrons. The van der Waals surface area contributed by atoms with E-state index in [0.29, 0.717) is 0 Å². The highest BCUT2D eigenvalue weighted by Gasteiger charge is 2.24. The normalized spacial score (nSPS) is 11.0. The van der Waals surface area contributed by atoms with Crippen molar-refractivity contribution in [3.63, 3.8) is 0 Å². The van der Waals surface area contributed by atoms with Crippen LogP contribution in [0.3, 0.4) is 0 Å². The van der Waals surface area contributed by atoms with Crippen LogP contribution in [0.15, 0.2) is 18.2 Å². The molecule has 0 fully saturated rings. The van der Waals surface area contributed by atoms with Crippen molar-refractivity contribution in [1.82, 2.24) is 4.90 Å². The van der Waals surface area contributed by atoms with Crippen LogP contribution < -0.4 is 4.74 Å². The van der Waals surface area contributed by atoms with Gasteiger partial charge in [-0.25, -0.2) is 9.18 Å². The largest absolute Gasteiger partial charge is 0.489 e. The number of nitrogens with zero attached hydrogens (tertiary/aromatic N) is 1. The predicted octanol–water partition coefficient (Wildman–Crippen LogP) is 3.18. The van der Waals surface area contributed by atoms with Gasteiger partial charge in [-0.05, 0) is 32.9 Å². The van der Waals surface area contributed by atoms with E-state index in [1.807, 2.05) is 0 Å². The molecule has 23 heavy (non-hydrogen) atoms. The molecule has 0 heterocycles. The molecule has 1 N–H and O–H groups in total. The molecule has 6 nitrogen and oxygen atoms in total. The highest BCUT2D eigenvalue weighted by Crippen LogP contribution is 2.23. The van der Waals surface area contributed by atoms with Crippen LogP contribution >= 0.6 is 11.6 Å². The smallest absolute Gasteiger partial charge is 0.410 e. The lowest BCUT2D eigenvalue weighted by Crippen LogP contribution is -2.41. The third-order valence-electron chi connectivity index (χ3n) is 2.51. The first-order valence-electron chi connectivity index (χ1n) is 6.86. The number of rotatable bonds is 6. The molecule has 0 aliphatic rings. The molecule has 1 aromatic carbocycles. The molecule has 0 aromatic heterocycles. The molecule has 0 spiro atoms. The van der Waals surface area contributed by atoms with Gasteiger partial charge in [0.05, 0.1) is 11.6 Å². The molecule has 0 bridgehead atoms. The molecule has 0 atom stereocenters. The summed E-state index contributed by atoms with van der Waals surface area (Å²) < 4.78 is 24.0. The summed E-state index contributed by atoms with van der Waals surface area (Å²) in [5.41, 5.74) is -0.756. The van der Waals surface area contributed by atoms with Crippen LogP contribution in [-0.4, -0.2) is 47.4 Å². The van der Waals surface area contributed by atoms with Crippen molar-refractivity contribution in [3.05, 3.63) is 29.0 Å². The number of carbonyl (C=O) groups is 2. The summed E-state index contributed by atoms with van der Waals surface area (Å²) in [6.45, 7) is 4.28. The van der Waals surface area contributed by atoms with E-state index >= 15 is 0 Å². The van der Waals surface area contributed by atoms with Gasteiger partial charge in [-0.3, -0.25) is 9.69 Å². The standard InChI is InChI=1S/C15H19ClFNO5/c1-15(2,3)23-14(21)18(9-12(19)20)7-8-22-11-6-4-5-10(16)13(11)17/h4-6H,7-9H2,1-3H3,(H,19,20). The third-order valence-corrected chi connectivity index (χ3v) is 2.80. The minimum absolute atomic E-state index is 0.0723. The number of carbonyl (C=O) groups excluding carboxylic acids is 1. The van der Waals surface area contributed by atoms with E-state index < -0.39 is 30.0 Å². The number of carboxylic acid groups (broad SMARTS) is 1. The van der Waals surface area contributed by atoms with E-state index in [0.717, 1.165) is 4.90 Å². The molecule has 0 saturated carbocycles. The monoisotopic (exact) mass is 347 g/mol. The zero-order valence-electron chi connectivity index (χ0n) is 13.1. The molecule has 0 radical (unpaired) electrons. The van der Waals surface area contributed by atoms with E-state index in [-0.39, 0.29) is 23.9 Å². The van der Waals surface area contributed by atoms with Gasteiger partial charge in [-0.2, -0.15) is 0 Å². The van der Waals surface area contributed by atoms with Crippen LogP contribution in [0, 0.1) is 5.82 Å². The minimum atomic E-state index is -1.19. The second-order valence-electron chi connectivity index (χ2n) is 5.70. The summed E-state index contributed by atoms with van der Waals surface area (Å²) in [6, 6.07) is 4.28. The summed E-state index contributed by atoms with van der Waals surface area (Å²) in [7, 11) is 0. The lowest BCUT2D eigenvalue weighted by molar-refractivity contribution is -0.138. The number of aliphatic carboxylic acids is 1. The number of ether oxygens (including phenoxy) is 2. The van der Waals surface area contributed by atoms with E-state index in [2.05, 4.69) is 0 Å². The average Bonchev–Trinajstić information content (AvgIpc) is 2.40. The summed E-state index contributed by atoms with van der Waals surface area (Å²) in [5.74, 6) is -1.97. The number of benzene rings is 1. The van der Waals surface area contributed by atoms with Gasteiger partial charge in [0.2, 0.25) is 0 Å². The predicted molar refractivity (Wildman–Crippen MR) is 82.3 cm³/mol. The van der Waals surface area contributed by atoms with Gasteiger partial charge in [-0.15, -0.1) is 0 Å². The Kier molecular flexibility index (Phi) is 6.62. The van der Waals surface area contributed by atoms with Crippen molar-refractivity contribution < 1.29 is 28.6 Å². The van der Waals surface area contributed by atoms with Crippen molar-refractivity contribution in [2.45, 2.75) is 26.4 Å². The molecule has 1 rings (SSSR count). The van der Waals surface area contributed by atoms with Gasteiger partial charge < -0.3 is 14.6 Å². The van der Waals surface area contributed by atoms with Crippen LogP contribution in [0.25, 0.3) is 0 Å². The first-order chi connectivity index (χ1) is 10.6. The fraction of sp³-hybridized carbons (Fsp3) is 0.467. The Hall–Kier alpha value is -2.02.